The summed E-state index contributed by atoms with van der Waals surface area (Å²) in [6, 6.07) is 10.4. The minimum atomic E-state index is 0.178. The molecule has 1 fully saturated rings. The summed E-state index contributed by atoms with van der Waals surface area (Å²) in [6.07, 6.45) is 3.33. The molecule has 0 unspecified atom stereocenters. The molecule has 1 amide bonds. The van der Waals surface area contributed by atoms with E-state index in [1.807, 2.05) is 6.07 Å². The van der Waals surface area contributed by atoms with Crippen LogP contribution in [0.25, 0.3) is 0 Å². The van der Waals surface area contributed by atoms with E-state index in [4.69, 9.17) is 0 Å². The molecule has 1 aliphatic carbocycles. The van der Waals surface area contributed by atoms with Crippen molar-refractivity contribution in [1.82, 2.24) is 5.32 Å². The van der Waals surface area contributed by atoms with E-state index in [0.717, 1.165) is 19.3 Å². The molecule has 2 heteroatoms. The van der Waals surface area contributed by atoms with Gasteiger partial charge in [0.1, 0.15) is 0 Å². The molecule has 2 rings (SSSR count). The van der Waals surface area contributed by atoms with E-state index in [1.54, 1.807) is 7.05 Å². The fourth-order valence-corrected chi connectivity index (χ4v) is 2.56. The molecule has 15 heavy (non-hydrogen) atoms. The fraction of sp³-hybridized carbons (Fsp3) is 0.462. The maximum atomic E-state index is 11.7. The summed E-state index contributed by atoms with van der Waals surface area (Å²) in [4.78, 5) is 11.7. The van der Waals surface area contributed by atoms with Crippen molar-refractivity contribution in [3.05, 3.63) is 35.9 Å². The third-order valence-electron chi connectivity index (χ3n) is 3.33. The number of carbonyl (C=O) groups is 1. The Labute approximate surface area is 90.7 Å². The Morgan fingerprint density at radius 3 is 2.67 bits per heavy atom. The molecule has 1 aromatic carbocycles. The summed E-state index contributed by atoms with van der Waals surface area (Å²) < 4.78 is 0. The standard InChI is InChI=1S/C13H17NO/c1-14-13(15)12-9-5-8-11(12)10-6-3-2-4-7-10/h2-4,6-7,11-12H,5,8-9H2,1H3,(H,14,15)/t11-,12+/m1/s1. The number of rotatable bonds is 2. The molecule has 0 aliphatic heterocycles. The molecule has 1 aliphatic rings. The third-order valence-corrected chi connectivity index (χ3v) is 3.33. The van der Waals surface area contributed by atoms with E-state index in [0.29, 0.717) is 5.92 Å². The van der Waals surface area contributed by atoms with Crippen LogP contribution in [0.2, 0.25) is 0 Å². The SMILES string of the molecule is CNC(=O)[C@H]1CCC[C@@H]1c1ccccc1. The van der Waals surface area contributed by atoms with Gasteiger partial charge in [-0.05, 0) is 24.3 Å². The number of nitrogens with one attached hydrogen (secondary N) is 1. The van der Waals surface area contributed by atoms with Gasteiger partial charge in [0, 0.05) is 13.0 Å². The van der Waals surface area contributed by atoms with Crippen LogP contribution in [0.15, 0.2) is 30.3 Å². The second kappa shape index (κ2) is 4.47. The van der Waals surface area contributed by atoms with Crippen LogP contribution >= 0.6 is 0 Å². The predicted molar refractivity (Wildman–Crippen MR) is 60.6 cm³/mol. The van der Waals surface area contributed by atoms with Crippen LogP contribution < -0.4 is 5.32 Å². The summed E-state index contributed by atoms with van der Waals surface area (Å²) in [5.41, 5.74) is 1.31. The van der Waals surface area contributed by atoms with Gasteiger partial charge in [-0.15, -0.1) is 0 Å². The summed E-state index contributed by atoms with van der Waals surface area (Å²) in [5, 5.41) is 2.77. The molecule has 2 nitrogen and oxygen atoms in total. The Bertz CT molecular complexity index is 334. The lowest BCUT2D eigenvalue weighted by Gasteiger charge is -2.18. The molecular weight excluding hydrogens is 186 g/mol. The van der Waals surface area contributed by atoms with Crippen LogP contribution in [0.5, 0.6) is 0 Å². The van der Waals surface area contributed by atoms with E-state index in [9.17, 15) is 4.79 Å². The van der Waals surface area contributed by atoms with Gasteiger partial charge in [-0.2, -0.15) is 0 Å². The van der Waals surface area contributed by atoms with Crippen LogP contribution in [0.4, 0.5) is 0 Å². The molecule has 1 saturated carbocycles. The Morgan fingerprint density at radius 2 is 2.00 bits per heavy atom. The van der Waals surface area contributed by atoms with Crippen molar-refractivity contribution in [2.24, 2.45) is 5.92 Å². The normalized spacial score (nSPS) is 25.1. The Morgan fingerprint density at radius 1 is 1.27 bits per heavy atom. The Balaban J connectivity index is 2.18. The van der Waals surface area contributed by atoms with Crippen molar-refractivity contribution >= 4 is 5.91 Å². The highest BCUT2D eigenvalue weighted by Crippen LogP contribution is 2.39. The van der Waals surface area contributed by atoms with E-state index in [1.165, 1.54) is 5.56 Å². The van der Waals surface area contributed by atoms with Gasteiger partial charge in [0.2, 0.25) is 5.91 Å². The van der Waals surface area contributed by atoms with Crippen LogP contribution in [0, 0.1) is 5.92 Å². The first kappa shape index (κ1) is 10.2. The molecule has 0 saturated heterocycles. The van der Waals surface area contributed by atoms with Gasteiger partial charge in [-0.25, -0.2) is 0 Å². The lowest BCUT2D eigenvalue weighted by atomic mass is 9.88. The van der Waals surface area contributed by atoms with Gasteiger partial charge in [0.15, 0.2) is 0 Å². The van der Waals surface area contributed by atoms with Gasteiger partial charge in [-0.1, -0.05) is 36.8 Å². The van der Waals surface area contributed by atoms with E-state index in [2.05, 4.69) is 29.6 Å². The van der Waals surface area contributed by atoms with Gasteiger partial charge >= 0.3 is 0 Å². The minimum Gasteiger partial charge on any atom is -0.359 e. The van der Waals surface area contributed by atoms with Gasteiger partial charge in [0.25, 0.3) is 0 Å². The molecule has 2 atom stereocenters. The lowest BCUT2D eigenvalue weighted by molar-refractivity contribution is -0.124. The van der Waals surface area contributed by atoms with Gasteiger partial charge in [-0.3, -0.25) is 4.79 Å². The van der Waals surface area contributed by atoms with Crippen LogP contribution in [0.1, 0.15) is 30.7 Å². The van der Waals surface area contributed by atoms with Gasteiger partial charge < -0.3 is 5.32 Å². The molecule has 1 N–H and O–H groups in total. The predicted octanol–water partition coefficient (Wildman–Crippen LogP) is 2.32. The number of benzene rings is 1. The average Bonchev–Trinajstić information content (AvgIpc) is 2.78. The van der Waals surface area contributed by atoms with Crippen LogP contribution in [-0.2, 0) is 4.79 Å². The second-order valence-corrected chi connectivity index (χ2v) is 4.17. The topological polar surface area (TPSA) is 29.1 Å². The molecule has 0 heterocycles. The zero-order chi connectivity index (χ0) is 10.7. The van der Waals surface area contributed by atoms with Crippen molar-refractivity contribution in [2.45, 2.75) is 25.2 Å². The highest BCUT2D eigenvalue weighted by atomic mass is 16.1. The molecule has 0 spiro atoms. The first-order chi connectivity index (χ1) is 7.33. The third kappa shape index (κ3) is 2.04. The largest absolute Gasteiger partial charge is 0.359 e. The number of carbonyl (C=O) groups excluding carboxylic acids is 1. The van der Waals surface area contributed by atoms with Crippen molar-refractivity contribution in [3.8, 4) is 0 Å². The van der Waals surface area contributed by atoms with E-state index >= 15 is 0 Å². The van der Waals surface area contributed by atoms with Crippen molar-refractivity contribution in [2.75, 3.05) is 7.05 Å². The summed E-state index contributed by atoms with van der Waals surface area (Å²) in [5.74, 6) is 0.796. The maximum Gasteiger partial charge on any atom is 0.223 e. The Kier molecular flexibility index (Phi) is 3.05. The van der Waals surface area contributed by atoms with E-state index in [-0.39, 0.29) is 11.8 Å². The quantitative estimate of drug-likeness (QED) is 0.785. The second-order valence-electron chi connectivity index (χ2n) is 4.17. The average molecular weight is 203 g/mol. The molecule has 80 valence electrons. The zero-order valence-corrected chi connectivity index (χ0v) is 9.07. The van der Waals surface area contributed by atoms with Gasteiger partial charge in [0.05, 0.1) is 0 Å². The fourth-order valence-electron chi connectivity index (χ4n) is 2.56. The molecular formula is C13H17NO. The van der Waals surface area contributed by atoms with E-state index < -0.39 is 0 Å². The maximum absolute atomic E-state index is 11.7. The van der Waals surface area contributed by atoms with Crippen LogP contribution in [-0.4, -0.2) is 13.0 Å². The number of amides is 1. The molecule has 0 aromatic heterocycles. The Hall–Kier alpha value is -1.31. The number of hydrogen-bond acceptors (Lipinski definition) is 1. The molecule has 0 radical (unpaired) electrons. The summed E-state index contributed by atoms with van der Waals surface area (Å²) in [7, 11) is 1.72. The summed E-state index contributed by atoms with van der Waals surface area (Å²) in [6.45, 7) is 0. The smallest absolute Gasteiger partial charge is 0.223 e. The monoisotopic (exact) mass is 203 g/mol. The number of hydrogen-bond donors (Lipinski definition) is 1. The minimum absolute atomic E-state index is 0.178. The van der Waals surface area contributed by atoms with Crippen molar-refractivity contribution in [3.63, 3.8) is 0 Å². The lowest BCUT2D eigenvalue weighted by Crippen LogP contribution is -2.28. The first-order valence-electron chi connectivity index (χ1n) is 5.59. The van der Waals surface area contributed by atoms with Crippen LogP contribution in [0.3, 0.4) is 0 Å². The van der Waals surface area contributed by atoms with Crippen molar-refractivity contribution < 1.29 is 4.79 Å². The highest BCUT2D eigenvalue weighted by Gasteiger charge is 2.33. The molecule has 0 bridgehead atoms. The summed E-state index contributed by atoms with van der Waals surface area (Å²) >= 11 is 0. The highest BCUT2D eigenvalue weighted by molar-refractivity contribution is 5.79. The van der Waals surface area contributed by atoms with Crippen molar-refractivity contribution in [1.29, 1.82) is 0 Å². The first-order valence-corrected chi connectivity index (χ1v) is 5.59. The zero-order valence-electron chi connectivity index (χ0n) is 9.07. The molecule has 1 aromatic rings.